The smallest absolute Gasteiger partial charge is 0.126 e. The molecule has 0 bridgehead atoms. The Balaban J connectivity index is 2.38. The number of aromatic hydroxyl groups is 5. The molecular formula is C23H24O5. The van der Waals surface area contributed by atoms with Gasteiger partial charge in [-0.25, -0.2) is 0 Å². The monoisotopic (exact) mass is 380 g/mol. The van der Waals surface area contributed by atoms with Crippen molar-refractivity contribution in [2.45, 2.75) is 33.6 Å². The van der Waals surface area contributed by atoms with Crippen LogP contribution in [0.5, 0.6) is 28.7 Å². The minimum atomic E-state index is -0.573. The molecule has 0 saturated heterocycles. The molecule has 3 aromatic rings. The number of hydrogen-bond acceptors (Lipinski definition) is 5. The van der Waals surface area contributed by atoms with Gasteiger partial charge in [-0.05, 0) is 68.7 Å². The zero-order valence-corrected chi connectivity index (χ0v) is 16.3. The molecule has 0 spiro atoms. The van der Waals surface area contributed by atoms with Gasteiger partial charge < -0.3 is 25.5 Å². The van der Waals surface area contributed by atoms with E-state index in [0.717, 1.165) is 5.56 Å². The maximum atomic E-state index is 10.8. The topological polar surface area (TPSA) is 101 Å². The molecule has 0 radical (unpaired) electrons. The molecule has 3 rings (SSSR count). The van der Waals surface area contributed by atoms with Crippen molar-refractivity contribution in [3.05, 3.63) is 75.3 Å². The molecule has 0 unspecified atom stereocenters. The van der Waals surface area contributed by atoms with Gasteiger partial charge in [0, 0.05) is 28.2 Å². The van der Waals surface area contributed by atoms with Gasteiger partial charge >= 0.3 is 0 Å². The van der Waals surface area contributed by atoms with Crippen molar-refractivity contribution >= 4 is 0 Å². The fourth-order valence-electron chi connectivity index (χ4n) is 3.62. The first-order valence-electron chi connectivity index (χ1n) is 8.96. The van der Waals surface area contributed by atoms with Crippen molar-refractivity contribution in [3.8, 4) is 28.7 Å². The predicted octanol–water partition coefficient (Wildman–Crippen LogP) is 4.63. The third-order valence-electron chi connectivity index (χ3n) is 5.31. The maximum Gasteiger partial charge on any atom is 0.126 e. The zero-order valence-electron chi connectivity index (χ0n) is 16.3. The molecule has 0 fully saturated rings. The lowest BCUT2D eigenvalue weighted by Crippen LogP contribution is -2.07. The Morgan fingerprint density at radius 2 is 0.964 bits per heavy atom. The zero-order chi connectivity index (χ0) is 20.7. The van der Waals surface area contributed by atoms with Crippen LogP contribution in [0.15, 0.2) is 36.4 Å². The molecule has 3 aromatic carbocycles. The SMILES string of the molecule is Cc1cc(C(c2ccc(O)cc2)c2cc(C)c(O)c(C)c2O)c(O)c(C)c1O. The van der Waals surface area contributed by atoms with Crippen molar-refractivity contribution in [1.29, 1.82) is 0 Å². The van der Waals surface area contributed by atoms with Crippen LogP contribution in [0.1, 0.15) is 44.9 Å². The Kier molecular flexibility index (Phi) is 4.86. The number of benzene rings is 3. The summed E-state index contributed by atoms with van der Waals surface area (Å²) in [6, 6.07) is 9.88. The van der Waals surface area contributed by atoms with Crippen LogP contribution in [0, 0.1) is 27.7 Å². The summed E-state index contributed by atoms with van der Waals surface area (Å²) in [4.78, 5) is 0. The average Bonchev–Trinajstić information content (AvgIpc) is 2.67. The second-order valence-electron chi connectivity index (χ2n) is 7.23. The summed E-state index contributed by atoms with van der Waals surface area (Å²) < 4.78 is 0. The molecule has 146 valence electrons. The van der Waals surface area contributed by atoms with Gasteiger partial charge in [0.2, 0.25) is 0 Å². The van der Waals surface area contributed by atoms with E-state index in [1.807, 2.05) is 0 Å². The van der Waals surface area contributed by atoms with Gasteiger partial charge in [0.25, 0.3) is 0 Å². The van der Waals surface area contributed by atoms with Crippen LogP contribution in [-0.4, -0.2) is 25.5 Å². The van der Waals surface area contributed by atoms with E-state index in [1.54, 1.807) is 52.0 Å². The molecule has 5 N–H and O–H groups in total. The van der Waals surface area contributed by atoms with Crippen molar-refractivity contribution in [3.63, 3.8) is 0 Å². The van der Waals surface area contributed by atoms with E-state index in [9.17, 15) is 25.5 Å². The van der Waals surface area contributed by atoms with Gasteiger partial charge in [0.15, 0.2) is 0 Å². The van der Waals surface area contributed by atoms with Gasteiger partial charge in [-0.1, -0.05) is 12.1 Å². The number of phenolic OH excluding ortho intramolecular Hbond substituents is 5. The molecule has 0 aliphatic carbocycles. The van der Waals surface area contributed by atoms with Crippen molar-refractivity contribution in [2.24, 2.45) is 0 Å². The Labute approximate surface area is 163 Å². The van der Waals surface area contributed by atoms with Crippen LogP contribution in [0.2, 0.25) is 0 Å². The van der Waals surface area contributed by atoms with Crippen LogP contribution in [0.4, 0.5) is 0 Å². The summed E-state index contributed by atoms with van der Waals surface area (Å²) in [5, 5.41) is 51.6. The van der Waals surface area contributed by atoms with E-state index < -0.39 is 5.92 Å². The van der Waals surface area contributed by atoms with Crippen molar-refractivity contribution in [1.82, 2.24) is 0 Å². The minimum Gasteiger partial charge on any atom is -0.508 e. The van der Waals surface area contributed by atoms with Crippen LogP contribution in [0.25, 0.3) is 0 Å². The third kappa shape index (κ3) is 3.09. The molecule has 0 saturated carbocycles. The van der Waals surface area contributed by atoms with Crippen LogP contribution < -0.4 is 0 Å². The summed E-state index contributed by atoms with van der Waals surface area (Å²) in [5.74, 6) is -0.558. The van der Waals surface area contributed by atoms with Crippen molar-refractivity contribution < 1.29 is 25.5 Å². The summed E-state index contributed by atoms with van der Waals surface area (Å²) in [5.41, 5.74) is 3.66. The van der Waals surface area contributed by atoms with E-state index in [0.29, 0.717) is 33.4 Å². The van der Waals surface area contributed by atoms with Gasteiger partial charge in [0.05, 0.1) is 0 Å². The van der Waals surface area contributed by atoms with Crippen LogP contribution >= 0.6 is 0 Å². The molecule has 0 aliphatic rings. The molecule has 0 aliphatic heterocycles. The lowest BCUT2D eigenvalue weighted by atomic mass is 9.81. The Morgan fingerprint density at radius 3 is 1.36 bits per heavy atom. The highest BCUT2D eigenvalue weighted by molar-refractivity contribution is 5.62. The van der Waals surface area contributed by atoms with E-state index in [-0.39, 0.29) is 28.7 Å². The second-order valence-corrected chi connectivity index (χ2v) is 7.23. The fraction of sp³-hybridized carbons (Fsp3) is 0.217. The van der Waals surface area contributed by atoms with Gasteiger partial charge in [-0.2, -0.15) is 0 Å². The normalized spacial score (nSPS) is 11.2. The van der Waals surface area contributed by atoms with Crippen LogP contribution in [-0.2, 0) is 0 Å². The second kappa shape index (κ2) is 7.00. The summed E-state index contributed by atoms with van der Waals surface area (Å²) in [7, 11) is 0. The molecule has 5 nitrogen and oxygen atoms in total. The average molecular weight is 380 g/mol. The fourth-order valence-corrected chi connectivity index (χ4v) is 3.62. The first-order valence-corrected chi connectivity index (χ1v) is 8.96. The molecule has 0 aromatic heterocycles. The molecule has 28 heavy (non-hydrogen) atoms. The first kappa shape index (κ1) is 19.4. The Bertz CT molecular complexity index is 989. The highest BCUT2D eigenvalue weighted by atomic mass is 16.3. The summed E-state index contributed by atoms with van der Waals surface area (Å²) in [6.07, 6.45) is 0. The highest BCUT2D eigenvalue weighted by Gasteiger charge is 2.27. The van der Waals surface area contributed by atoms with E-state index in [4.69, 9.17) is 0 Å². The predicted molar refractivity (Wildman–Crippen MR) is 108 cm³/mol. The molecule has 5 heteroatoms. The number of hydrogen-bond donors (Lipinski definition) is 5. The van der Waals surface area contributed by atoms with E-state index in [2.05, 4.69) is 0 Å². The maximum absolute atomic E-state index is 10.8. The van der Waals surface area contributed by atoms with Crippen molar-refractivity contribution in [2.75, 3.05) is 0 Å². The first-order chi connectivity index (χ1) is 13.1. The highest BCUT2D eigenvalue weighted by Crippen LogP contribution is 2.47. The third-order valence-corrected chi connectivity index (χ3v) is 5.31. The lowest BCUT2D eigenvalue weighted by Gasteiger charge is -2.24. The number of rotatable bonds is 3. The van der Waals surface area contributed by atoms with Gasteiger partial charge in [-0.3, -0.25) is 0 Å². The molecule has 0 atom stereocenters. The van der Waals surface area contributed by atoms with E-state index in [1.165, 1.54) is 12.1 Å². The van der Waals surface area contributed by atoms with Gasteiger partial charge in [0.1, 0.15) is 28.7 Å². The Morgan fingerprint density at radius 1 is 0.571 bits per heavy atom. The number of phenols is 5. The quantitative estimate of drug-likeness (QED) is 0.427. The Hall–Kier alpha value is -3.34. The van der Waals surface area contributed by atoms with E-state index >= 15 is 0 Å². The number of aryl methyl sites for hydroxylation is 2. The van der Waals surface area contributed by atoms with Gasteiger partial charge in [-0.15, -0.1) is 0 Å². The summed E-state index contributed by atoms with van der Waals surface area (Å²) >= 11 is 0. The van der Waals surface area contributed by atoms with Crippen LogP contribution in [0.3, 0.4) is 0 Å². The molecule has 0 heterocycles. The molecule has 0 amide bonds. The lowest BCUT2D eigenvalue weighted by molar-refractivity contribution is 0.430. The standard InChI is InChI=1S/C23H24O5/c1-11-9-17(22(27)13(3)20(11)25)19(15-5-7-16(24)8-6-15)18-10-12(2)21(26)14(4)23(18)28/h5-10,19,24-28H,1-4H3. The minimum absolute atomic E-state index is 0.0213. The largest absolute Gasteiger partial charge is 0.508 e. The molecular weight excluding hydrogens is 356 g/mol. The summed E-state index contributed by atoms with van der Waals surface area (Å²) in [6.45, 7) is 6.74.